The highest BCUT2D eigenvalue weighted by atomic mass is 16.6. The summed E-state index contributed by atoms with van der Waals surface area (Å²) in [6, 6.07) is -1.68. The molecule has 2 saturated heterocycles. The van der Waals surface area contributed by atoms with Gasteiger partial charge in [0.1, 0.15) is 30.1 Å². The summed E-state index contributed by atoms with van der Waals surface area (Å²) in [5.74, 6) is -5.17. The van der Waals surface area contributed by atoms with Crippen LogP contribution in [0.2, 0.25) is 0 Å². The van der Waals surface area contributed by atoms with E-state index in [1.54, 1.807) is 41.1 Å². The van der Waals surface area contributed by atoms with Crippen LogP contribution in [-0.4, -0.2) is 145 Å². The van der Waals surface area contributed by atoms with Gasteiger partial charge in [0.15, 0.2) is 5.78 Å². The third kappa shape index (κ3) is 15.5. The Bertz CT molecular complexity index is 1760. The number of rotatable bonds is 9. The third-order valence-corrected chi connectivity index (χ3v) is 15.4. The fourth-order valence-corrected chi connectivity index (χ4v) is 10.9. The number of aliphatic hydroxyl groups is 3. The molecule has 14 heteroatoms. The molecule has 0 radical (unpaired) electrons. The maximum Gasteiger partial charge on any atom is 0.323 e. The maximum absolute atomic E-state index is 14.6. The summed E-state index contributed by atoms with van der Waals surface area (Å²) < 4.78 is 36.1. The van der Waals surface area contributed by atoms with Gasteiger partial charge in [0.2, 0.25) is 11.6 Å². The number of ether oxygens (including phenoxy) is 6. The van der Waals surface area contributed by atoms with Crippen molar-refractivity contribution < 1.29 is 62.9 Å². The smallest absolute Gasteiger partial charge is 0.323 e. The predicted molar refractivity (Wildman–Crippen MR) is 260 cm³/mol. The van der Waals surface area contributed by atoms with Gasteiger partial charge in [0.25, 0.3) is 0 Å². The van der Waals surface area contributed by atoms with Crippen molar-refractivity contribution in [1.29, 1.82) is 0 Å². The second kappa shape index (κ2) is 27.6. The number of carbonyl (C=O) groups is 4. The van der Waals surface area contributed by atoms with Gasteiger partial charge in [-0.05, 0) is 114 Å². The monoisotopic (exact) mass is 958 g/mol. The van der Waals surface area contributed by atoms with Crippen molar-refractivity contribution in [1.82, 2.24) is 4.90 Å². The van der Waals surface area contributed by atoms with Gasteiger partial charge in [-0.3, -0.25) is 24.1 Å². The number of hydrogen-bond acceptors (Lipinski definition) is 14. The number of ketones is 3. The van der Waals surface area contributed by atoms with E-state index in [2.05, 4.69) is 0 Å². The molecule has 1 saturated carbocycles. The summed E-state index contributed by atoms with van der Waals surface area (Å²) in [4.78, 5) is 59.0. The van der Waals surface area contributed by atoms with Crippen molar-refractivity contribution in [2.24, 2.45) is 35.5 Å². The summed E-state index contributed by atoms with van der Waals surface area (Å²) in [5.41, 5.74) is 1.37. The minimum Gasteiger partial charge on any atom is -0.460 e. The van der Waals surface area contributed by atoms with Gasteiger partial charge >= 0.3 is 5.97 Å². The quantitative estimate of drug-likeness (QED) is 0.158. The second-order valence-electron chi connectivity index (χ2n) is 20.6. The number of cyclic esters (lactones) is 1. The molecular formula is C54H87NO13. The molecule has 0 aromatic heterocycles. The Morgan fingerprint density at radius 3 is 2.26 bits per heavy atom. The molecule has 2 unspecified atom stereocenters. The van der Waals surface area contributed by atoms with Crippen molar-refractivity contribution in [3.8, 4) is 0 Å². The minimum atomic E-state index is -2.08. The molecule has 0 aromatic rings. The van der Waals surface area contributed by atoms with E-state index >= 15 is 0 Å². The normalized spacial score (nSPS) is 40.5. The number of Topliss-reactive ketones (excluding diaryl/α,β-unsaturated/α-hetero) is 3. The molecule has 0 amide bonds. The van der Waals surface area contributed by atoms with Crippen LogP contribution in [0.25, 0.3) is 0 Å². The average molecular weight is 958 g/mol. The second-order valence-corrected chi connectivity index (χ2v) is 20.6. The number of carbonyl (C=O) groups excluding carboxylic acids is 4. The highest BCUT2D eigenvalue weighted by Crippen LogP contribution is 2.39. The zero-order valence-electron chi connectivity index (χ0n) is 43.1. The molecule has 3 aliphatic heterocycles. The molecule has 4 rings (SSSR count). The van der Waals surface area contributed by atoms with Gasteiger partial charge in [-0.25, -0.2) is 0 Å². The lowest BCUT2D eigenvalue weighted by Gasteiger charge is -2.45. The van der Waals surface area contributed by atoms with Crippen molar-refractivity contribution in [2.75, 3.05) is 41.1 Å². The van der Waals surface area contributed by atoms with E-state index in [1.807, 2.05) is 69.9 Å². The number of fused-ring (bicyclic) bond motifs is 3. The predicted octanol–water partition coefficient (Wildman–Crippen LogP) is 7.06. The van der Waals surface area contributed by atoms with E-state index in [1.165, 1.54) is 7.11 Å². The number of esters is 1. The summed E-state index contributed by atoms with van der Waals surface area (Å²) in [6.07, 6.45) is 14.0. The summed E-state index contributed by atoms with van der Waals surface area (Å²) >= 11 is 0. The number of hydrogen-bond donors (Lipinski definition) is 3. The van der Waals surface area contributed by atoms with Gasteiger partial charge in [0.05, 0.1) is 43.7 Å². The maximum atomic E-state index is 14.6. The fraction of sp³-hybridized carbons (Fsp3) is 0.778. The fourth-order valence-electron chi connectivity index (χ4n) is 10.9. The first-order valence-corrected chi connectivity index (χ1v) is 25.5. The molecule has 3 heterocycles. The Morgan fingerprint density at radius 1 is 0.853 bits per heavy atom. The number of aliphatic hydroxyl groups excluding tert-OH is 2. The first-order valence-electron chi connectivity index (χ1n) is 25.5. The van der Waals surface area contributed by atoms with Crippen LogP contribution in [0, 0.1) is 35.5 Å². The van der Waals surface area contributed by atoms with Crippen LogP contribution < -0.4 is 0 Å². The van der Waals surface area contributed by atoms with Crippen LogP contribution in [0.1, 0.15) is 132 Å². The lowest BCUT2D eigenvalue weighted by molar-refractivity contribution is -0.269. The lowest BCUT2D eigenvalue weighted by Crippen LogP contribution is -2.61. The minimum absolute atomic E-state index is 0.0397. The third-order valence-electron chi connectivity index (χ3n) is 15.4. The molecule has 1 aliphatic carbocycles. The van der Waals surface area contributed by atoms with Gasteiger partial charge in [-0.15, -0.1) is 0 Å². The van der Waals surface area contributed by atoms with Crippen LogP contribution >= 0.6 is 0 Å². The van der Waals surface area contributed by atoms with Crippen molar-refractivity contribution in [3.63, 3.8) is 0 Å². The zero-order chi connectivity index (χ0) is 50.3. The van der Waals surface area contributed by atoms with Crippen LogP contribution in [-0.2, 0) is 47.6 Å². The molecule has 4 aliphatic rings. The van der Waals surface area contributed by atoms with E-state index in [0.29, 0.717) is 57.1 Å². The Morgan fingerprint density at radius 2 is 1.59 bits per heavy atom. The van der Waals surface area contributed by atoms with Crippen LogP contribution in [0.4, 0.5) is 0 Å². The SMILES string of the molecule is CO[C@H]1C[C@@H]2CC[C@@H](C)[C@@](O)(O2)C(=O)C(C)N2CCCC[C@H]2C(=O)OC([C@@H](C)C[C@@H]2CC[C@@H](OCCO)[C@H](OC)C2)CC(=O)[C@H](C)/C=C(\C)[C@@H](O)[C@@H](OC)C(=O)[C@H](C)C[C@H](C)/C=C/C=C/C=C/1C. The summed E-state index contributed by atoms with van der Waals surface area (Å²) in [5, 5.41) is 33.1. The Hall–Kier alpha value is -2.92. The van der Waals surface area contributed by atoms with E-state index in [9.17, 15) is 34.5 Å². The molecule has 68 heavy (non-hydrogen) atoms. The van der Waals surface area contributed by atoms with Gasteiger partial charge in [-0.1, -0.05) is 77.5 Å². The molecule has 0 spiro atoms. The summed E-state index contributed by atoms with van der Waals surface area (Å²) in [7, 11) is 4.69. The van der Waals surface area contributed by atoms with E-state index in [4.69, 9.17) is 28.4 Å². The van der Waals surface area contributed by atoms with Gasteiger partial charge in [0, 0.05) is 51.9 Å². The Kier molecular flexibility index (Phi) is 23.4. The van der Waals surface area contributed by atoms with Gasteiger partial charge < -0.3 is 43.7 Å². The van der Waals surface area contributed by atoms with E-state index in [-0.39, 0.29) is 67.3 Å². The van der Waals surface area contributed by atoms with Crippen LogP contribution in [0.15, 0.2) is 47.6 Å². The summed E-state index contributed by atoms with van der Waals surface area (Å²) in [6.45, 7) is 15.4. The molecule has 14 nitrogen and oxygen atoms in total. The largest absolute Gasteiger partial charge is 0.460 e. The Labute approximate surface area is 407 Å². The van der Waals surface area contributed by atoms with Crippen LogP contribution in [0.5, 0.6) is 0 Å². The molecule has 3 fully saturated rings. The first kappa shape index (κ1) is 57.7. The van der Waals surface area contributed by atoms with Crippen molar-refractivity contribution in [3.05, 3.63) is 47.6 Å². The molecule has 16 atom stereocenters. The number of nitrogens with zero attached hydrogens (tertiary/aromatic N) is 1. The standard InChI is InChI=1S/C54H87NO13/c1-33-17-13-12-14-18-34(2)46(63-9)31-42-22-20-39(7)54(62,68-42)52(60)40(8)55-24-16-15-19-43(55)53(61)67-47(36(4)29-41-21-23-45(66-26-25-56)48(30-41)64-10)32-44(57)35(3)28-38(6)50(59)51(65-11)49(58)37(5)27-33/h12-14,17-18,28,33,35-37,39-43,45-48,50-51,56,59,62H,15-16,19-27,29-32H2,1-11H3/b14-12+,17-13+,34-18+,38-28+/t33-,35-,36+,37-,39-,40?,41+,42+,43+,45-,46+,47?,48-,50-,51+,54-/m1/s1. The molecule has 0 aromatic carbocycles. The highest BCUT2D eigenvalue weighted by Gasteiger charge is 2.52. The topological polar surface area (TPSA) is 188 Å². The number of piperidine rings is 1. The zero-order valence-corrected chi connectivity index (χ0v) is 43.1. The number of allylic oxidation sites excluding steroid dienone is 6. The van der Waals surface area contributed by atoms with Gasteiger partial charge in [-0.2, -0.15) is 0 Å². The van der Waals surface area contributed by atoms with Crippen molar-refractivity contribution >= 4 is 23.3 Å². The van der Waals surface area contributed by atoms with E-state index in [0.717, 1.165) is 31.3 Å². The average Bonchev–Trinajstić information content (AvgIpc) is 3.32. The molecule has 3 N–H and O–H groups in total. The molecular weight excluding hydrogens is 871 g/mol. The van der Waals surface area contributed by atoms with Crippen LogP contribution in [0.3, 0.4) is 0 Å². The first-order chi connectivity index (χ1) is 32.3. The highest BCUT2D eigenvalue weighted by molar-refractivity contribution is 5.91. The number of methoxy groups -OCH3 is 3. The molecule has 386 valence electrons. The van der Waals surface area contributed by atoms with E-state index < -0.39 is 71.8 Å². The molecule has 2 bridgehead atoms. The van der Waals surface area contributed by atoms with Crippen molar-refractivity contribution in [2.45, 2.75) is 193 Å². The Balaban J connectivity index is 1.69. The lowest BCUT2D eigenvalue weighted by atomic mass is 9.78.